The van der Waals surface area contributed by atoms with Crippen LogP contribution in [0.15, 0.2) is 24.3 Å². The van der Waals surface area contributed by atoms with Gasteiger partial charge in [0.25, 0.3) is 0 Å². The van der Waals surface area contributed by atoms with Crippen LogP contribution in [-0.2, 0) is 11.3 Å². The minimum atomic E-state index is -1.25. The molecule has 6 heteroatoms. The van der Waals surface area contributed by atoms with Gasteiger partial charge in [0.15, 0.2) is 0 Å². The molecular formula is C15H19N3O3. The van der Waals surface area contributed by atoms with Gasteiger partial charge in [-0.15, -0.1) is 0 Å². The summed E-state index contributed by atoms with van der Waals surface area (Å²) in [5.41, 5.74) is 0.0355. The normalized spacial score (nSPS) is 10.5. The average molecular weight is 289 g/mol. The lowest BCUT2D eigenvalue weighted by Gasteiger charge is -2.28. The third-order valence-corrected chi connectivity index (χ3v) is 3.48. The van der Waals surface area contributed by atoms with Crippen LogP contribution in [0, 0.1) is 11.3 Å². The van der Waals surface area contributed by atoms with E-state index in [0.717, 1.165) is 5.56 Å². The Balaban J connectivity index is 2.65. The molecule has 2 amide bonds. The Labute approximate surface area is 123 Å². The van der Waals surface area contributed by atoms with Crippen molar-refractivity contribution in [3.05, 3.63) is 35.4 Å². The maximum absolute atomic E-state index is 11.9. The van der Waals surface area contributed by atoms with Gasteiger partial charge in [-0.05, 0) is 30.5 Å². The summed E-state index contributed by atoms with van der Waals surface area (Å²) in [6.07, 6.45) is 0.604. The quantitative estimate of drug-likeness (QED) is 0.745. The first-order valence-corrected chi connectivity index (χ1v) is 6.76. The number of carbonyl (C=O) groups is 2. The van der Waals surface area contributed by atoms with Crippen LogP contribution in [0.4, 0.5) is 4.79 Å². The molecule has 1 aromatic rings. The minimum absolute atomic E-state index is 0.227. The summed E-state index contributed by atoms with van der Waals surface area (Å²) in [5.74, 6) is -1.05. The summed E-state index contributed by atoms with van der Waals surface area (Å²) in [6, 6.07) is 8.34. The van der Waals surface area contributed by atoms with Crippen molar-refractivity contribution < 1.29 is 14.7 Å². The Morgan fingerprint density at radius 1 is 1.33 bits per heavy atom. The molecule has 0 fully saturated rings. The smallest absolute Gasteiger partial charge is 0.329 e. The first-order valence-electron chi connectivity index (χ1n) is 6.76. The molecule has 0 aliphatic carbocycles. The van der Waals surface area contributed by atoms with Gasteiger partial charge in [-0.3, -0.25) is 0 Å². The highest BCUT2D eigenvalue weighted by atomic mass is 16.4. The number of benzene rings is 1. The van der Waals surface area contributed by atoms with Crippen molar-refractivity contribution in [2.45, 2.75) is 38.8 Å². The van der Waals surface area contributed by atoms with Crippen molar-refractivity contribution in [3.63, 3.8) is 0 Å². The average Bonchev–Trinajstić information content (AvgIpc) is 2.50. The fourth-order valence-electron chi connectivity index (χ4n) is 1.98. The second kappa shape index (κ2) is 7.29. The number of nitrogens with zero attached hydrogens (tertiary/aromatic N) is 1. The zero-order valence-corrected chi connectivity index (χ0v) is 12.1. The van der Waals surface area contributed by atoms with Crippen LogP contribution in [0.5, 0.6) is 0 Å². The van der Waals surface area contributed by atoms with Crippen molar-refractivity contribution >= 4 is 12.0 Å². The number of nitriles is 1. The van der Waals surface area contributed by atoms with E-state index in [-0.39, 0.29) is 6.54 Å². The lowest BCUT2D eigenvalue weighted by Crippen LogP contribution is -2.56. The van der Waals surface area contributed by atoms with Crippen LogP contribution in [-0.4, -0.2) is 22.6 Å². The fourth-order valence-corrected chi connectivity index (χ4v) is 1.98. The number of carbonyl (C=O) groups excluding carboxylic acids is 1. The number of amides is 2. The molecule has 0 aromatic heterocycles. The van der Waals surface area contributed by atoms with Crippen molar-refractivity contribution in [2.24, 2.45) is 0 Å². The summed E-state index contributed by atoms with van der Waals surface area (Å²) in [7, 11) is 0. The number of carboxylic acids is 1. The number of hydrogen-bond donors (Lipinski definition) is 3. The molecule has 1 aromatic carbocycles. The van der Waals surface area contributed by atoms with Gasteiger partial charge in [-0.1, -0.05) is 26.0 Å². The van der Waals surface area contributed by atoms with Crippen LogP contribution in [0.1, 0.15) is 37.8 Å². The molecule has 0 bridgehead atoms. The molecule has 0 spiro atoms. The van der Waals surface area contributed by atoms with E-state index in [2.05, 4.69) is 10.6 Å². The van der Waals surface area contributed by atoms with E-state index in [1.165, 1.54) is 0 Å². The summed E-state index contributed by atoms with van der Waals surface area (Å²) in [5, 5.41) is 23.2. The van der Waals surface area contributed by atoms with E-state index < -0.39 is 17.5 Å². The fraction of sp³-hybridized carbons (Fsp3) is 0.400. The molecule has 0 saturated heterocycles. The Hall–Kier alpha value is -2.55. The van der Waals surface area contributed by atoms with E-state index in [0.29, 0.717) is 18.4 Å². The van der Waals surface area contributed by atoms with Gasteiger partial charge >= 0.3 is 12.0 Å². The van der Waals surface area contributed by atoms with Gasteiger partial charge in [0.2, 0.25) is 0 Å². The molecule has 112 valence electrons. The number of urea groups is 1. The highest BCUT2D eigenvalue weighted by molar-refractivity contribution is 5.86. The zero-order valence-electron chi connectivity index (χ0n) is 12.1. The van der Waals surface area contributed by atoms with Gasteiger partial charge in [0.1, 0.15) is 5.54 Å². The summed E-state index contributed by atoms with van der Waals surface area (Å²) >= 11 is 0. The van der Waals surface area contributed by atoms with Crippen molar-refractivity contribution in [1.82, 2.24) is 10.6 Å². The second-order valence-corrected chi connectivity index (χ2v) is 4.71. The standard InChI is InChI=1S/C15H19N3O3/c1-3-15(4-2,13(19)20)18-14(21)17-10-12-7-5-6-11(8-12)9-16/h5-8H,3-4,10H2,1-2H3,(H,19,20)(H2,17,18,21). The molecule has 0 saturated carbocycles. The van der Waals surface area contributed by atoms with Crippen molar-refractivity contribution in [1.29, 1.82) is 5.26 Å². The largest absolute Gasteiger partial charge is 0.480 e. The van der Waals surface area contributed by atoms with Gasteiger partial charge < -0.3 is 15.7 Å². The number of rotatable bonds is 6. The molecule has 0 aliphatic heterocycles. The molecule has 0 radical (unpaired) electrons. The highest BCUT2D eigenvalue weighted by Gasteiger charge is 2.36. The summed E-state index contributed by atoms with van der Waals surface area (Å²) < 4.78 is 0. The summed E-state index contributed by atoms with van der Waals surface area (Å²) in [4.78, 5) is 23.2. The van der Waals surface area contributed by atoms with E-state index in [1.54, 1.807) is 38.1 Å². The molecular weight excluding hydrogens is 270 g/mol. The Morgan fingerprint density at radius 2 is 2.00 bits per heavy atom. The predicted molar refractivity (Wildman–Crippen MR) is 77.5 cm³/mol. The molecule has 3 N–H and O–H groups in total. The van der Waals surface area contributed by atoms with Crippen LogP contribution < -0.4 is 10.6 Å². The second-order valence-electron chi connectivity index (χ2n) is 4.71. The van der Waals surface area contributed by atoms with Crippen LogP contribution in [0.3, 0.4) is 0 Å². The lowest BCUT2D eigenvalue weighted by molar-refractivity contribution is -0.144. The topological polar surface area (TPSA) is 102 Å². The van der Waals surface area contributed by atoms with E-state index in [4.69, 9.17) is 5.26 Å². The number of nitrogens with one attached hydrogen (secondary N) is 2. The molecule has 0 unspecified atom stereocenters. The maximum Gasteiger partial charge on any atom is 0.329 e. The van der Waals surface area contributed by atoms with Gasteiger partial charge in [-0.2, -0.15) is 5.26 Å². The third kappa shape index (κ3) is 4.21. The van der Waals surface area contributed by atoms with E-state index in [9.17, 15) is 14.7 Å². The molecule has 1 rings (SSSR count). The van der Waals surface area contributed by atoms with E-state index in [1.807, 2.05) is 6.07 Å². The minimum Gasteiger partial charge on any atom is -0.480 e. The van der Waals surface area contributed by atoms with Crippen LogP contribution >= 0.6 is 0 Å². The first-order chi connectivity index (χ1) is 9.97. The maximum atomic E-state index is 11.9. The number of carboxylic acid groups (broad SMARTS) is 1. The molecule has 0 heterocycles. The van der Waals surface area contributed by atoms with Crippen LogP contribution in [0.25, 0.3) is 0 Å². The van der Waals surface area contributed by atoms with Crippen LogP contribution in [0.2, 0.25) is 0 Å². The summed E-state index contributed by atoms with van der Waals surface area (Å²) in [6.45, 7) is 3.66. The van der Waals surface area contributed by atoms with Gasteiger partial charge in [0, 0.05) is 6.54 Å². The molecule has 6 nitrogen and oxygen atoms in total. The molecule has 21 heavy (non-hydrogen) atoms. The number of aliphatic carboxylic acids is 1. The Bertz CT molecular complexity index is 560. The number of hydrogen-bond acceptors (Lipinski definition) is 3. The van der Waals surface area contributed by atoms with Crippen molar-refractivity contribution in [3.8, 4) is 6.07 Å². The Kier molecular flexibility index (Phi) is 5.73. The zero-order chi connectivity index (χ0) is 15.9. The molecule has 0 atom stereocenters. The third-order valence-electron chi connectivity index (χ3n) is 3.48. The Morgan fingerprint density at radius 3 is 2.52 bits per heavy atom. The predicted octanol–water partition coefficient (Wildman–Crippen LogP) is 2.00. The van der Waals surface area contributed by atoms with Gasteiger partial charge in [-0.25, -0.2) is 9.59 Å². The first kappa shape index (κ1) is 16.5. The van der Waals surface area contributed by atoms with Crippen molar-refractivity contribution in [2.75, 3.05) is 0 Å². The van der Waals surface area contributed by atoms with Gasteiger partial charge in [0.05, 0.1) is 11.6 Å². The lowest BCUT2D eigenvalue weighted by atomic mass is 9.93. The monoisotopic (exact) mass is 289 g/mol. The highest BCUT2D eigenvalue weighted by Crippen LogP contribution is 2.15. The van der Waals surface area contributed by atoms with E-state index >= 15 is 0 Å². The molecule has 0 aliphatic rings. The SMILES string of the molecule is CCC(CC)(NC(=O)NCc1cccc(C#N)c1)C(=O)O.